The van der Waals surface area contributed by atoms with Gasteiger partial charge in [-0.3, -0.25) is 9.59 Å². The first kappa shape index (κ1) is 22.0. The summed E-state index contributed by atoms with van der Waals surface area (Å²) in [4.78, 5) is 37.6. The summed E-state index contributed by atoms with van der Waals surface area (Å²) in [6.45, 7) is 4.51. The number of cyclic esters (lactones) is 1. The van der Waals surface area contributed by atoms with Gasteiger partial charge in [-0.05, 0) is 49.1 Å². The summed E-state index contributed by atoms with van der Waals surface area (Å²) >= 11 is 12.2. The Hall–Kier alpha value is -2.83. The lowest BCUT2D eigenvalue weighted by Crippen LogP contribution is -2.35. The maximum absolute atomic E-state index is 12.8. The van der Waals surface area contributed by atoms with Crippen LogP contribution in [0, 0.1) is 17.3 Å². The highest BCUT2D eigenvalue weighted by Crippen LogP contribution is 2.52. The quantitative estimate of drug-likeness (QED) is 0.388. The van der Waals surface area contributed by atoms with Crippen LogP contribution in [0.15, 0.2) is 70.3 Å². The molecule has 0 bridgehead atoms. The lowest BCUT2D eigenvalue weighted by atomic mass is 9.75. The maximum Gasteiger partial charge on any atom is 0.344 e. The minimum atomic E-state index is -0.733. The van der Waals surface area contributed by atoms with Crippen LogP contribution >= 0.6 is 23.2 Å². The average Bonchev–Trinajstić information content (AvgIpc) is 3.22. The number of rotatable bonds is 4. The summed E-state index contributed by atoms with van der Waals surface area (Å²) in [6.07, 6.45) is 6.05. The van der Waals surface area contributed by atoms with Gasteiger partial charge in [0.05, 0.1) is 17.9 Å². The van der Waals surface area contributed by atoms with Gasteiger partial charge in [-0.25, -0.2) is 4.79 Å². The first-order valence-corrected chi connectivity index (χ1v) is 11.4. The van der Waals surface area contributed by atoms with Crippen molar-refractivity contribution in [2.75, 3.05) is 11.9 Å². The number of allylic oxidation sites excluding steroid dienone is 3. The third kappa shape index (κ3) is 3.91. The lowest BCUT2D eigenvalue weighted by Gasteiger charge is -2.29. The van der Waals surface area contributed by atoms with Crippen molar-refractivity contribution in [3.05, 3.63) is 75.8 Å². The number of carbonyl (C=O) groups excluding carboxylic acids is 3. The molecule has 1 saturated heterocycles. The number of anilines is 1. The third-order valence-corrected chi connectivity index (χ3v) is 7.36. The van der Waals surface area contributed by atoms with Crippen LogP contribution in [0.2, 0.25) is 0 Å². The molecular weight excluding hydrogens is 465 g/mol. The zero-order valence-electron chi connectivity index (χ0n) is 17.6. The second-order valence-corrected chi connectivity index (χ2v) is 9.84. The Bertz CT molecular complexity index is 1170. The fourth-order valence-corrected chi connectivity index (χ4v) is 5.71. The van der Waals surface area contributed by atoms with Crippen LogP contribution in [0.3, 0.4) is 0 Å². The van der Waals surface area contributed by atoms with Gasteiger partial charge < -0.3 is 14.8 Å². The number of esters is 2. The third-order valence-electron chi connectivity index (χ3n) is 6.76. The average molecular weight is 486 g/mol. The topological polar surface area (TPSA) is 81.7 Å². The normalized spacial score (nSPS) is 30.4. The Morgan fingerprint density at radius 1 is 1.18 bits per heavy atom. The van der Waals surface area contributed by atoms with E-state index >= 15 is 0 Å². The minimum Gasteiger partial charge on any atom is -0.465 e. The van der Waals surface area contributed by atoms with Gasteiger partial charge in [0.25, 0.3) is 5.91 Å². The lowest BCUT2D eigenvalue weighted by molar-refractivity contribution is -0.147. The highest BCUT2D eigenvalue weighted by atomic mass is 35.5. The molecule has 8 heteroatoms. The van der Waals surface area contributed by atoms with Crippen molar-refractivity contribution in [2.24, 2.45) is 17.3 Å². The van der Waals surface area contributed by atoms with Crippen molar-refractivity contribution >= 4 is 46.7 Å². The molecule has 0 spiro atoms. The molecule has 1 N–H and O–H groups in total. The van der Waals surface area contributed by atoms with Crippen LogP contribution in [0.1, 0.15) is 18.4 Å². The fraction of sp³-hybridized carbons (Fsp3) is 0.320. The van der Waals surface area contributed by atoms with Crippen LogP contribution in [-0.4, -0.2) is 30.6 Å². The zero-order chi connectivity index (χ0) is 23.3. The molecule has 1 saturated carbocycles. The molecule has 1 aromatic rings. The summed E-state index contributed by atoms with van der Waals surface area (Å²) in [6, 6.07) is 7.23. The highest BCUT2D eigenvalue weighted by molar-refractivity contribution is 6.35. The summed E-state index contributed by atoms with van der Waals surface area (Å²) in [5, 5.41) is 3.50. The van der Waals surface area contributed by atoms with Crippen LogP contribution < -0.4 is 5.32 Å². The number of halogens is 2. The van der Waals surface area contributed by atoms with Crippen molar-refractivity contribution in [2.45, 2.75) is 25.4 Å². The molecule has 33 heavy (non-hydrogen) atoms. The molecule has 4 aliphatic rings. The molecule has 170 valence electrons. The molecule has 4 unspecified atom stereocenters. The first-order valence-electron chi connectivity index (χ1n) is 10.7. The molecule has 2 aliphatic carbocycles. The van der Waals surface area contributed by atoms with E-state index in [4.69, 9.17) is 32.7 Å². The van der Waals surface area contributed by atoms with Gasteiger partial charge in [-0.1, -0.05) is 53.6 Å². The summed E-state index contributed by atoms with van der Waals surface area (Å²) in [5.41, 5.74) is 1.92. The number of hydrogen-bond acceptors (Lipinski definition) is 5. The smallest absolute Gasteiger partial charge is 0.344 e. The Labute approximate surface area is 200 Å². The van der Waals surface area contributed by atoms with Crippen LogP contribution in [-0.2, 0) is 30.3 Å². The largest absolute Gasteiger partial charge is 0.465 e. The van der Waals surface area contributed by atoms with Crippen molar-refractivity contribution < 1.29 is 23.9 Å². The van der Waals surface area contributed by atoms with Crippen LogP contribution in [0.5, 0.6) is 0 Å². The standard InChI is InChI=1S/C25H21Cl2NO5/c1-13-6-15-12-32-24(31)25(15,10-13)11-14-2-4-17(5-3-14)28-22(29)19-9-18-20(27)7-16(26)8-21(18)33-23(19)30/h2-5,7-9,15,18,21H,1,6,10-12H2,(H,28,29). The van der Waals surface area contributed by atoms with Gasteiger partial charge in [0.2, 0.25) is 0 Å². The number of nitrogens with one attached hydrogen (secondary N) is 1. The van der Waals surface area contributed by atoms with E-state index in [0.29, 0.717) is 35.2 Å². The van der Waals surface area contributed by atoms with E-state index in [2.05, 4.69) is 11.9 Å². The second kappa shape index (κ2) is 8.19. The number of amides is 1. The van der Waals surface area contributed by atoms with E-state index in [1.807, 2.05) is 12.1 Å². The molecule has 2 fully saturated rings. The van der Waals surface area contributed by atoms with E-state index < -0.39 is 29.3 Å². The van der Waals surface area contributed by atoms with Gasteiger partial charge in [-0.15, -0.1) is 0 Å². The number of carbonyl (C=O) groups is 3. The summed E-state index contributed by atoms with van der Waals surface area (Å²) < 4.78 is 10.7. The van der Waals surface area contributed by atoms with E-state index in [9.17, 15) is 14.4 Å². The Kier molecular flexibility index (Phi) is 5.46. The Balaban J connectivity index is 1.29. The number of ether oxygens (including phenoxy) is 2. The van der Waals surface area contributed by atoms with Crippen LogP contribution in [0.4, 0.5) is 5.69 Å². The summed E-state index contributed by atoms with van der Waals surface area (Å²) in [7, 11) is 0. The van der Waals surface area contributed by atoms with Gasteiger partial charge in [0, 0.05) is 21.7 Å². The minimum absolute atomic E-state index is 0.113. The van der Waals surface area contributed by atoms with E-state index in [1.54, 1.807) is 24.3 Å². The van der Waals surface area contributed by atoms with Crippen molar-refractivity contribution in [1.82, 2.24) is 0 Å². The molecular formula is C25H21Cl2NO5. The van der Waals surface area contributed by atoms with Crippen molar-refractivity contribution in [3.8, 4) is 0 Å². The van der Waals surface area contributed by atoms with Gasteiger partial charge in [0.1, 0.15) is 11.7 Å². The molecule has 6 nitrogen and oxygen atoms in total. The molecule has 1 amide bonds. The predicted octanol–water partition coefficient (Wildman–Crippen LogP) is 4.40. The van der Waals surface area contributed by atoms with Gasteiger partial charge in [0.15, 0.2) is 0 Å². The van der Waals surface area contributed by atoms with E-state index in [1.165, 1.54) is 6.08 Å². The molecule has 5 rings (SSSR count). The fourth-order valence-electron chi connectivity index (χ4n) is 5.11. The molecule has 1 aromatic carbocycles. The number of hydrogen-bond donors (Lipinski definition) is 1. The van der Waals surface area contributed by atoms with E-state index in [0.717, 1.165) is 17.6 Å². The van der Waals surface area contributed by atoms with Crippen molar-refractivity contribution in [1.29, 1.82) is 0 Å². The Morgan fingerprint density at radius 3 is 2.70 bits per heavy atom. The maximum atomic E-state index is 12.8. The van der Waals surface area contributed by atoms with E-state index in [-0.39, 0.29) is 17.5 Å². The number of fused-ring (bicyclic) bond motifs is 2. The molecule has 0 aromatic heterocycles. The Morgan fingerprint density at radius 2 is 1.94 bits per heavy atom. The van der Waals surface area contributed by atoms with Gasteiger partial charge in [-0.2, -0.15) is 0 Å². The first-order chi connectivity index (χ1) is 15.7. The molecule has 0 radical (unpaired) electrons. The second-order valence-electron chi connectivity index (χ2n) is 8.97. The number of benzene rings is 1. The molecule has 2 aliphatic heterocycles. The molecule has 4 atom stereocenters. The SMILES string of the molecule is C=C1CC2COC(=O)C2(Cc2ccc(NC(=O)C3=CC4C(Cl)=CC(Cl)=CC4OC3=O)cc2)C1. The summed E-state index contributed by atoms with van der Waals surface area (Å²) in [5.74, 6) is -1.76. The highest BCUT2D eigenvalue weighted by Gasteiger charge is 2.55. The monoisotopic (exact) mass is 485 g/mol. The van der Waals surface area contributed by atoms with Crippen LogP contribution in [0.25, 0.3) is 0 Å². The zero-order valence-corrected chi connectivity index (χ0v) is 19.1. The van der Waals surface area contributed by atoms with Gasteiger partial charge >= 0.3 is 11.9 Å². The predicted molar refractivity (Wildman–Crippen MR) is 123 cm³/mol. The molecule has 2 heterocycles. The van der Waals surface area contributed by atoms with Crippen molar-refractivity contribution in [3.63, 3.8) is 0 Å².